The van der Waals surface area contributed by atoms with Gasteiger partial charge in [0.1, 0.15) is 11.9 Å². The van der Waals surface area contributed by atoms with Crippen LogP contribution in [0, 0.1) is 5.92 Å². The van der Waals surface area contributed by atoms with Crippen LogP contribution in [0.2, 0.25) is 0 Å². The number of piperidine rings is 1. The molecule has 8 nitrogen and oxygen atoms in total. The SMILES string of the molecule is CN1CCN(C(=O)C[C@H]2CN(C(=O)CCn3ccnc3)CC[C@@H]2Oc2cccc(Br)c2)CC1. The predicted molar refractivity (Wildman–Crippen MR) is 129 cm³/mol. The van der Waals surface area contributed by atoms with Crippen LogP contribution in [0.3, 0.4) is 0 Å². The molecule has 1 aromatic carbocycles. The van der Waals surface area contributed by atoms with Crippen LogP contribution in [0.25, 0.3) is 0 Å². The molecular formula is C24H32BrN5O3. The van der Waals surface area contributed by atoms with Crippen LogP contribution < -0.4 is 4.74 Å². The molecule has 2 aliphatic heterocycles. The number of amides is 2. The second-order valence-corrected chi connectivity index (χ2v) is 9.86. The number of carbonyl (C=O) groups is 2. The maximum Gasteiger partial charge on any atom is 0.224 e. The Morgan fingerprint density at radius 1 is 1.12 bits per heavy atom. The molecule has 0 radical (unpaired) electrons. The van der Waals surface area contributed by atoms with Crippen LogP contribution in [0.1, 0.15) is 19.3 Å². The van der Waals surface area contributed by atoms with Crippen molar-refractivity contribution in [2.75, 3.05) is 46.3 Å². The van der Waals surface area contributed by atoms with Gasteiger partial charge >= 0.3 is 0 Å². The molecule has 0 saturated carbocycles. The molecule has 4 rings (SSSR count). The first-order valence-corrected chi connectivity index (χ1v) is 12.4. The highest BCUT2D eigenvalue weighted by molar-refractivity contribution is 9.10. The van der Waals surface area contributed by atoms with Crippen molar-refractivity contribution < 1.29 is 14.3 Å². The van der Waals surface area contributed by atoms with Crippen LogP contribution >= 0.6 is 15.9 Å². The molecular weight excluding hydrogens is 486 g/mol. The van der Waals surface area contributed by atoms with E-state index in [2.05, 4.69) is 32.9 Å². The van der Waals surface area contributed by atoms with Crippen molar-refractivity contribution in [3.63, 3.8) is 0 Å². The number of aryl methyl sites for hydroxylation is 1. The molecule has 0 unspecified atom stereocenters. The van der Waals surface area contributed by atoms with Gasteiger partial charge in [-0.3, -0.25) is 9.59 Å². The Labute approximate surface area is 203 Å². The van der Waals surface area contributed by atoms with E-state index in [0.717, 1.165) is 36.4 Å². The lowest BCUT2D eigenvalue weighted by molar-refractivity contribution is -0.140. The largest absolute Gasteiger partial charge is 0.490 e. The lowest BCUT2D eigenvalue weighted by Crippen LogP contribution is -2.51. The summed E-state index contributed by atoms with van der Waals surface area (Å²) in [5.41, 5.74) is 0. The molecule has 2 aromatic rings. The van der Waals surface area contributed by atoms with Crippen molar-refractivity contribution in [1.29, 1.82) is 0 Å². The van der Waals surface area contributed by atoms with E-state index in [9.17, 15) is 9.59 Å². The van der Waals surface area contributed by atoms with Crippen LogP contribution in [0.15, 0.2) is 47.5 Å². The van der Waals surface area contributed by atoms with Gasteiger partial charge in [-0.25, -0.2) is 4.98 Å². The molecule has 33 heavy (non-hydrogen) atoms. The molecule has 9 heteroatoms. The number of likely N-dealkylation sites (N-methyl/N-ethyl adjacent to an activating group) is 1. The van der Waals surface area contributed by atoms with E-state index in [1.54, 1.807) is 12.5 Å². The summed E-state index contributed by atoms with van der Waals surface area (Å²) < 4.78 is 9.21. The fourth-order valence-electron chi connectivity index (χ4n) is 4.51. The number of nitrogens with zero attached hydrogens (tertiary/aromatic N) is 5. The first-order chi connectivity index (χ1) is 16.0. The molecule has 0 spiro atoms. The minimum Gasteiger partial charge on any atom is -0.490 e. The lowest BCUT2D eigenvalue weighted by atomic mass is 9.90. The molecule has 0 aliphatic carbocycles. The number of ether oxygens (including phenoxy) is 1. The Balaban J connectivity index is 1.41. The van der Waals surface area contributed by atoms with Crippen LogP contribution in [0.5, 0.6) is 5.75 Å². The molecule has 2 atom stereocenters. The first-order valence-electron chi connectivity index (χ1n) is 11.6. The second-order valence-electron chi connectivity index (χ2n) is 8.94. The van der Waals surface area contributed by atoms with E-state index in [0.29, 0.717) is 38.9 Å². The van der Waals surface area contributed by atoms with Crippen molar-refractivity contribution in [2.45, 2.75) is 31.9 Å². The molecule has 2 amide bonds. The maximum atomic E-state index is 13.1. The molecule has 2 aliphatic rings. The summed E-state index contributed by atoms with van der Waals surface area (Å²) in [6.07, 6.45) is 6.74. The molecule has 0 bridgehead atoms. The second kappa shape index (κ2) is 11.2. The van der Waals surface area contributed by atoms with Gasteiger partial charge in [-0.1, -0.05) is 22.0 Å². The highest BCUT2D eigenvalue weighted by atomic mass is 79.9. The van der Waals surface area contributed by atoms with E-state index in [-0.39, 0.29) is 23.8 Å². The summed E-state index contributed by atoms with van der Waals surface area (Å²) in [7, 11) is 2.08. The average Bonchev–Trinajstić information content (AvgIpc) is 3.33. The maximum absolute atomic E-state index is 13.1. The number of likely N-dealkylation sites (tertiary alicyclic amines) is 1. The highest BCUT2D eigenvalue weighted by Crippen LogP contribution is 2.28. The van der Waals surface area contributed by atoms with Gasteiger partial charge in [-0.05, 0) is 25.2 Å². The number of hydrogen-bond donors (Lipinski definition) is 0. The van der Waals surface area contributed by atoms with Gasteiger partial charge in [0, 0.05) is 87.9 Å². The van der Waals surface area contributed by atoms with Crippen molar-refractivity contribution in [2.24, 2.45) is 5.92 Å². The summed E-state index contributed by atoms with van der Waals surface area (Å²) in [6.45, 7) is 5.10. The van der Waals surface area contributed by atoms with Gasteiger partial charge in [0.2, 0.25) is 11.8 Å². The fourth-order valence-corrected chi connectivity index (χ4v) is 4.89. The summed E-state index contributed by atoms with van der Waals surface area (Å²) >= 11 is 3.50. The Morgan fingerprint density at radius 3 is 2.67 bits per heavy atom. The van der Waals surface area contributed by atoms with Gasteiger partial charge in [0.25, 0.3) is 0 Å². The Hall–Kier alpha value is -2.39. The Kier molecular flexibility index (Phi) is 8.03. The van der Waals surface area contributed by atoms with Crippen molar-refractivity contribution in [1.82, 2.24) is 24.3 Å². The van der Waals surface area contributed by atoms with Crippen LogP contribution in [0.4, 0.5) is 0 Å². The zero-order valence-electron chi connectivity index (χ0n) is 19.1. The number of piperazine rings is 1. The Bertz CT molecular complexity index is 930. The first kappa shape index (κ1) is 23.8. The zero-order valence-corrected chi connectivity index (χ0v) is 20.7. The average molecular weight is 518 g/mol. The van der Waals surface area contributed by atoms with Crippen LogP contribution in [-0.4, -0.2) is 88.5 Å². The molecule has 3 heterocycles. The van der Waals surface area contributed by atoms with E-state index in [1.165, 1.54) is 0 Å². The molecule has 2 saturated heterocycles. The predicted octanol–water partition coefficient (Wildman–Crippen LogP) is 2.50. The van der Waals surface area contributed by atoms with Gasteiger partial charge < -0.3 is 24.0 Å². The smallest absolute Gasteiger partial charge is 0.224 e. The normalized spacial score (nSPS) is 21.8. The van der Waals surface area contributed by atoms with E-state index in [1.807, 2.05) is 44.8 Å². The van der Waals surface area contributed by atoms with Gasteiger partial charge in [-0.2, -0.15) is 0 Å². The number of halogens is 1. The summed E-state index contributed by atoms with van der Waals surface area (Å²) in [5.74, 6) is 1.01. The minimum absolute atomic E-state index is 0.0397. The monoisotopic (exact) mass is 517 g/mol. The number of imidazole rings is 1. The van der Waals surface area contributed by atoms with Crippen molar-refractivity contribution in [3.8, 4) is 5.75 Å². The third-order valence-corrected chi connectivity index (χ3v) is 7.03. The van der Waals surface area contributed by atoms with Crippen LogP contribution in [-0.2, 0) is 16.1 Å². The Morgan fingerprint density at radius 2 is 1.94 bits per heavy atom. The van der Waals surface area contributed by atoms with Crippen molar-refractivity contribution >= 4 is 27.7 Å². The fraction of sp³-hybridized carbons (Fsp3) is 0.542. The third kappa shape index (κ3) is 6.57. The lowest BCUT2D eigenvalue weighted by Gasteiger charge is -2.40. The highest BCUT2D eigenvalue weighted by Gasteiger charge is 2.35. The van der Waals surface area contributed by atoms with E-state index >= 15 is 0 Å². The van der Waals surface area contributed by atoms with Gasteiger partial charge in [0.15, 0.2) is 0 Å². The standard InChI is InChI=1S/C24H32BrN5O3/c1-27-11-13-29(14-12-27)24(32)15-19-17-30(23(31)6-8-28-10-7-26-18-28)9-5-22(19)33-21-4-2-3-20(25)16-21/h2-4,7,10,16,18-19,22H,5-6,8-9,11-15,17H2,1H3/t19-,22-/m0/s1. The summed E-state index contributed by atoms with van der Waals surface area (Å²) in [4.78, 5) is 36.2. The van der Waals surface area contributed by atoms with E-state index < -0.39 is 0 Å². The quantitative estimate of drug-likeness (QED) is 0.564. The number of aromatic nitrogens is 2. The number of hydrogen-bond acceptors (Lipinski definition) is 5. The minimum atomic E-state index is -0.103. The number of benzene rings is 1. The topological polar surface area (TPSA) is 70.9 Å². The third-order valence-electron chi connectivity index (χ3n) is 6.54. The molecule has 178 valence electrons. The zero-order chi connectivity index (χ0) is 23.2. The van der Waals surface area contributed by atoms with Gasteiger partial charge in [-0.15, -0.1) is 0 Å². The summed E-state index contributed by atoms with van der Waals surface area (Å²) in [6, 6.07) is 7.79. The molecule has 0 N–H and O–H groups in total. The number of carbonyl (C=O) groups excluding carboxylic acids is 2. The summed E-state index contributed by atoms with van der Waals surface area (Å²) in [5, 5.41) is 0. The van der Waals surface area contributed by atoms with E-state index in [4.69, 9.17) is 4.74 Å². The number of rotatable bonds is 7. The molecule has 1 aromatic heterocycles. The molecule has 2 fully saturated rings. The van der Waals surface area contributed by atoms with Crippen molar-refractivity contribution in [3.05, 3.63) is 47.5 Å². The van der Waals surface area contributed by atoms with Gasteiger partial charge in [0.05, 0.1) is 6.33 Å².